The monoisotopic (exact) mass is 351 g/mol. The molecule has 2 aromatic rings. The highest BCUT2D eigenvalue weighted by Crippen LogP contribution is 2.27. The molecule has 0 saturated heterocycles. The Bertz CT molecular complexity index is 851. The molecule has 0 radical (unpaired) electrons. The summed E-state index contributed by atoms with van der Waals surface area (Å²) in [4.78, 5) is 15.5. The minimum atomic E-state index is -0.272. The molecular formula is C19H17N3O2S. The summed E-state index contributed by atoms with van der Waals surface area (Å²) < 4.78 is 5.17. The average molecular weight is 351 g/mol. The van der Waals surface area contributed by atoms with Crippen LogP contribution in [-0.2, 0) is 4.79 Å². The lowest BCUT2D eigenvalue weighted by Crippen LogP contribution is -2.15. The molecule has 0 spiro atoms. The number of nitrogens with one attached hydrogen (secondary N) is 1. The van der Waals surface area contributed by atoms with E-state index in [1.165, 1.54) is 11.8 Å². The van der Waals surface area contributed by atoms with Crippen LogP contribution in [0.1, 0.15) is 12.5 Å². The number of rotatable bonds is 5. The number of ether oxygens (including phenoxy) is 1. The number of hydrogen-bond acceptors (Lipinski definition) is 6. The summed E-state index contributed by atoms with van der Waals surface area (Å²) in [6, 6.07) is 16.0. The number of aliphatic imine (C=N–C) groups is 1. The van der Waals surface area contributed by atoms with E-state index < -0.39 is 0 Å². The third-order valence-electron chi connectivity index (χ3n) is 3.69. The third-order valence-corrected chi connectivity index (χ3v) is 4.74. The third kappa shape index (κ3) is 4.18. The maximum absolute atomic E-state index is 10.7. The molecule has 0 bridgehead atoms. The molecule has 1 N–H and O–H groups in total. The second kappa shape index (κ2) is 7.83. The smallest absolute Gasteiger partial charge is 0.186 e. The largest absolute Gasteiger partial charge is 0.497 e. The molecule has 1 atom stereocenters. The number of methoxy groups -OCH3 is 1. The molecular weight excluding hydrogens is 334 g/mol. The van der Waals surface area contributed by atoms with Gasteiger partial charge in [0.15, 0.2) is 5.50 Å². The Balaban J connectivity index is 1.61. The highest BCUT2D eigenvalue weighted by Gasteiger charge is 2.20. The number of hydrogen-bond donors (Lipinski definition) is 1. The van der Waals surface area contributed by atoms with Gasteiger partial charge in [0.05, 0.1) is 19.0 Å². The van der Waals surface area contributed by atoms with E-state index >= 15 is 0 Å². The molecule has 0 fully saturated rings. The number of nitrogens with zero attached hydrogens (tertiary/aromatic N) is 2. The molecule has 1 heterocycles. The van der Waals surface area contributed by atoms with Crippen LogP contribution in [0.25, 0.3) is 11.1 Å². The summed E-state index contributed by atoms with van der Waals surface area (Å²) in [7, 11) is 1.66. The van der Waals surface area contributed by atoms with Crippen molar-refractivity contribution in [3.63, 3.8) is 0 Å². The fourth-order valence-corrected chi connectivity index (χ4v) is 3.15. The van der Waals surface area contributed by atoms with E-state index in [-0.39, 0.29) is 5.50 Å². The molecule has 0 aromatic heterocycles. The van der Waals surface area contributed by atoms with Gasteiger partial charge in [0, 0.05) is 0 Å². The minimum absolute atomic E-state index is 0.272. The number of benzene rings is 2. The van der Waals surface area contributed by atoms with Gasteiger partial charge in [-0.15, -0.1) is 0 Å². The number of hydrazone groups is 1. The van der Waals surface area contributed by atoms with Crippen molar-refractivity contribution in [1.29, 1.82) is 0 Å². The first kappa shape index (κ1) is 17.0. The van der Waals surface area contributed by atoms with Gasteiger partial charge in [0.25, 0.3) is 0 Å². The van der Waals surface area contributed by atoms with Crippen LogP contribution in [0.2, 0.25) is 0 Å². The van der Waals surface area contributed by atoms with Crippen LogP contribution < -0.4 is 10.2 Å². The van der Waals surface area contributed by atoms with Gasteiger partial charge < -0.3 is 4.74 Å². The molecule has 3 rings (SSSR count). The second-order valence-electron chi connectivity index (χ2n) is 5.35. The molecule has 0 aliphatic carbocycles. The van der Waals surface area contributed by atoms with Crippen molar-refractivity contribution in [2.75, 3.05) is 7.11 Å². The molecule has 1 unspecified atom stereocenters. The minimum Gasteiger partial charge on any atom is -0.497 e. The summed E-state index contributed by atoms with van der Waals surface area (Å²) in [5, 5.41) is 4.19. The topological polar surface area (TPSA) is 63.0 Å². The molecule has 5 nitrogen and oxygen atoms in total. The average Bonchev–Trinajstić information content (AvgIpc) is 3.02. The van der Waals surface area contributed by atoms with E-state index in [2.05, 4.69) is 15.5 Å². The van der Waals surface area contributed by atoms with E-state index in [1.807, 2.05) is 54.5 Å². The van der Waals surface area contributed by atoms with E-state index in [0.717, 1.165) is 22.4 Å². The Morgan fingerprint density at radius 2 is 1.80 bits per heavy atom. The summed E-state index contributed by atoms with van der Waals surface area (Å²) in [6.07, 6.45) is 1.73. The van der Waals surface area contributed by atoms with E-state index in [0.29, 0.717) is 10.6 Å². The zero-order valence-corrected chi connectivity index (χ0v) is 14.7. The standard InChI is InChI=1S/C19H17N3O2S/c1-13-18(12-23)25-19(21-13)22-20-11-14-3-5-15(6-4-14)16-7-9-17(24-2)10-8-16/h3-11,19,22H,1-2H3. The normalized spacial score (nSPS) is 16.6. The highest BCUT2D eigenvalue weighted by atomic mass is 32.2. The van der Waals surface area contributed by atoms with E-state index in [1.54, 1.807) is 20.2 Å². The molecule has 126 valence electrons. The quantitative estimate of drug-likeness (QED) is 0.509. The van der Waals surface area contributed by atoms with E-state index in [4.69, 9.17) is 4.74 Å². The van der Waals surface area contributed by atoms with Gasteiger partial charge in [-0.1, -0.05) is 48.2 Å². The summed E-state index contributed by atoms with van der Waals surface area (Å²) in [5.74, 6) is 2.72. The predicted octanol–water partition coefficient (Wildman–Crippen LogP) is 3.49. The van der Waals surface area contributed by atoms with Gasteiger partial charge in [-0.25, -0.2) is 4.79 Å². The molecule has 6 heteroatoms. The van der Waals surface area contributed by atoms with Gasteiger partial charge in [-0.3, -0.25) is 10.4 Å². The number of allylic oxidation sites excluding steroid dienone is 1. The van der Waals surface area contributed by atoms with Crippen LogP contribution in [0.15, 0.2) is 63.5 Å². The number of thioether (sulfide) groups is 1. The molecule has 1 aliphatic rings. The fraction of sp³-hybridized carbons (Fsp3) is 0.158. The molecule has 0 saturated carbocycles. The van der Waals surface area contributed by atoms with Crippen LogP contribution in [0.5, 0.6) is 5.75 Å². The van der Waals surface area contributed by atoms with Crippen molar-refractivity contribution < 1.29 is 9.53 Å². The van der Waals surface area contributed by atoms with Crippen LogP contribution in [0.3, 0.4) is 0 Å². The maximum atomic E-state index is 10.7. The lowest BCUT2D eigenvalue weighted by Gasteiger charge is -2.05. The first-order valence-corrected chi connectivity index (χ1v) is 8.57. The van der Waals surface area contributed by atoms with Crippen molar-refractivity contribution in [1.82, 2.24) is 5.43 Å². The van der Waals surface area contributed by atoms with Gasteiger partial charge in [-0.2, -0.15) is 5.10 Å². The summed E-state index contributed by atoms with van der Waals surface area (Å²) >= 11 is 1.31. The Labute approximate surface area is 150 Å². The lowest BCUT2D eigenvalue weighted by molar-refractivity contribution is 0.415. The van der Waals surface area contributed by atoms with Gasteiger partial charge in [0.1, 0.15) is 16.6 Å². The summed E-state index contributed by atoms with van der Waals surface area (Å²) in [6.45, 7) is 1.79. The van der Waals surface area contributed by atoms with Crippen LogP contribution in [0.4, 0.5) is 0 Å². The Morgan fingerprint density at radius 3 is 2.36 bits per heavy atom. The van der Waals surface area contributed by atoms with Crippen molar-refractivity contribution >= 4 is 29.6 Å². The summed E-state index contributed by atoms with van der Waals surface area (Å²) in [5.41, 5.74) is 6.56. The maximum Gasteiger partial charge on any atom is 0.186 e. The zero-order valence-electron chi connectivity index (χ0n) is 13.9. The fourth-order valence-electron chi connectivity index (χ4n) is 2.33. The number of carbonyl (C=O) groups excluding carboxylic acids is 1. The Morgan fingerprint density at radius 1 is 1.16 bits per heavy atom. The Kier molecular flexibility index (Phi) is 5.33. The van der Waals surface area contributed by atoms with Gasteiger partial charge in [-0.05, 0) is 35.7 Å². The van der Waals surface area contributed by atoms with Crippen molar-refractivity contribution in [3.8, 4) is 16.9 Å². The van der Waals surface area contributed by atoms with Gasteiger partial charge in [0.2, 0.25) is 0 Å². The van der Waals surface area contributed by atoms with Crippen molar-refractivity contribution in [3.05, 3.63) is 59.0 Å². The van der Waals surface area contributed by atoms with Crippen LogP contribution >= 0.6 is 11.8 Å². The molecule has 0 amide bonds. The Hall–Kier alpha value is -2.82. The second-order valence-corrected chi connectivity index (χ2v) is 6.44. The van der Waals surface area contributed by atoms with Crippen LogP contribution in [-0.4, -0.2) is 30.5 Å². The molecule has 2 aromatic carbocycles. The first-order valence-electron chi connectivity index (χ1n) is 7.69. The lowest BCUT2D eigenvalue weighted by atomic mass is 10.0. The van der Waals surface area contributed by atoms with Gasteiger partial charge >= 0.3 is 0 Å². The van der Waals surface area contributed by atoms with Crippen molar-refractivity contribution in [2.24, 2.45) is 10.1 Å². The molecule has 25 heavy (non-hydrogen) atoms. The zero-order chi connectivity index (χ0) is 17.6. The molecule has 1 aliphatic heterocycles. The first-order chi connectivity index (χ1) is 12.2. The van der Waals surface area contributed by atoms with E-state index in [9.17, 15) is 4.79 Å². The SMILES string of the molecule is COc1ccc(-c2ccc(C=NNC3N=C(C)C(=C=O)S3)cc2)cc1. The van der Waals surface area contributed by atoms with Crippen molar-refractivity contribution in [2.45, 2.75) is 12.4 Å². The van der Waals surface area contributed by atoms with Crippen LogP contribution in [0, 0.1) is 0 Å². The highest BCUT2D eigenvalue weighted by molar-refractivity contribution is 8.05. The predicted molar refractivity (Wildman–Crippen MR) is 103 cm³/mol.